The Morgan fingerprint density at radius 3 is 2.33 bits per heavy atom. The third-order valence-electron chi connectivity index (χ3n) is 4.03. The summed E-state index contributed by atoms with van der Waals surface area (Å²) in [5.41, 5.74) is 7.14. The van der Waals surface area contributed by atoms with Gasteiger partial charge in [-0.25, -0.2) is 0 Å². The molecule has 2 N–H and O–H groups in total. The molecule has 0 radical (unpaired) electrons. The maximum atomic E-state index is 11.2. The Hall–Kier alpha value is -2.40. The van der Waals surface area contributed by atoms with Crippen LogP contribution in [0.2, 0.25) is 0 Å². The number of nitrogens with zero attached hydrogens (tertiary/aromatic N) is 1. The summed E-state index contributed by atoms with van der Waals surface area (Å²) in [7, 11) is 0. The third kappa shape index (κ3) is 9.20. The fourth-order valence-electron chi connectivity index (χ4n) is 2.38. The van der Waals surface area contributed by atoms with Crippen LogP contribution in [0.5, 0.6) is 5.75 Å². The summed E-state index contributed by atoms with van der Waals surface area (Å²) in [5.74, 6) is 0.898. The van der Waals surface area contributed by atoms with Crippen LogP contribution < -0.4 is 10.5 Å². The average Bonchev–Trinajstić information content (AvgIpc) is 2.67. The standard InChI is InChI=1S/C18H21NO3.C4H11N/c1-14(2)8-9-15-10-11-18(17(12-15)19(20)21)22-13-16-6-4-3-5-7-16;1-2-3-4-5/h3-7,10-12,14H,8-9,13H2,1-2H3;2-5H2,1H3. The number of rotatable bonds is 9. The average molecular weight is 373 g/mol. The molecule has 2 aromatic rings. The van der Waals surface area contributed by atoms with Crippen LogP contribution in [0.25, 0.3) is 0 Å². The van der Waals surface area contributed by atoms with E-state index in [-0.39, 0.29) is 10.6 Å². The Morgan fingerprint density at radius 2 is 1.81 bits per heavy atom. The van der Waals surface area contributed by atoms with Crippen molar-refractivity contribution in [2.75, 3.05) is 6.54 Å². The van der Waals surface area contributed by atoms with Gasteiger partial charge in [0.25, 0.3) is 0 Å². The second kappa shape index (κ2) is 12.9. The van der Waals surface area contributed by atoms with E-state index < -0.39 is 0 Å². The van der Waals surface area contributed by atoms with Gasteiger partial charge in [0.05, 0.1) is 4.92 Å². The van der Waals surface area contributed by atoms with Crippen molar-refractivity contribution in [2.45, 2.75) is 53.1 Å². The van der Waals surface area contributed by atoms with E-state index in [0.717, 1.165) is 30.5 Å². The van der Waals surface area contributed by atoms with Crippen LogP contribution in [-0.2, 0) is 13.0 Å². The molecule has 0 aromatic heterocycles. The highest BCUT2D eigenvalue weighted by molar-refractivity contribution is 5.48. The number of nitro groups is 1. The lowest BCUT2D eigenvalue weighted by Crippen LogP contribution is -2.00. The van der Waals surface area contributed by atoms with E-state index in [1.54, 1.807) is 12.1 Å². The Labute approximate surface area is 162 Å². The Balaban J connectivity index is 0.000000646. The molecule has 0 aliphatic carbocycles. The molecule has 27 heavy (non-hydrogen) atoms. The van der Waals surface area contributed by atoms with E-state index in [1.165, 1.54) is 12.8 Å². The summed E-state index contributed by atoms with van der Waals surface area (Å²) in [6.07, 6.45) is 4.25. The molecule has 0 aliphatic heterocycles. The molecule has 0 spiro atoms. The molecular formula is C22H32N2O3. The first kappa shape index (κ1) is 22.6. The van der Waals surface area contributed by atoms with E-state index in [9.17, 15) is 10.1 Å². The minimum absolute atomic E-state index is 0.0391. The lowest BCUT2D eigenvalue weighted by molar-refractivity contribution is -0.386. The number of aryl methyl sites for hydroxylation is 1. The summed E-state index contributed by atoms with van der Waals surface area (Å²) in [5, 5.41) is 11.2. The van der Waals surface area contributed by atoms with E-state index in [0.29, 0.717) is 18.3 Å². The molecule has 0 bridgehead atoms. The van der Waals surface area contributed by atoms with Gasteiger partial charge in [-0.2, -0.15) is 0 Å². The second-order valence-corrected chi connectivity index (χ2v) is 6.91. The molecule has 0 fully saturated rings. The topological polar surface area (TPSA) is 78.4 Å². The normalized spacial score (nSPS) is 10.3. The smallest absolute Gasteiger partial charge is 0.311 e. The quantitative estimate of drug-likeness (QED) is 0.465. The van der Waals surface area contributed by atoms with Gasteiger partial charge in [-0.1, -0.05) is 63.6 Å². The Bertz CT molecular complexity index is 671. The summed E-state index contributed by atoms with van der Waals surface area (Å²) in [6.45, 7) is 7.59. The van der Waals surface area contributed by atoms with Crippen LogP contribution in [0.15, 0.2) is 48.5 Å². The third-order valence-corrected chi connectivity index (χ3v) is 4.03. The highest BCUT2D eigenvalue weighted by atomic mass is 16.6. The van der Waals surface area contributed by atoms with Gasteiger partial charge in [-0.3, -0.25) is 10.1 Å². The number of benzene rings is 2. The molecule has 5 heteroatoms. The maximum absolute atomic E-state index is 11.2. The molecule has 0 saturated heterocycles. The van der Waals surface area contributed by atoms with Crippen LogP contribution in [0.4, 0.5) is 5.69 Å². The van der Waals surface area contributed by atoms with Crippen molar-refractivity contribution in [3.63, 3.8) is 0 Å². The van der Waals surface area contributed by atoms with Gasteiger partial charge >= 0.3 is 5.69 Å². The lowest BCUT2D eigenvalue weighted by atomic mass is 10.0. The predicted molar refractivity (Wildman–Crippen MR) is 111 cm³/mol. The Morgan fingerprint density at radius 1 is 1.11 bits per heavy atom. The van der Waals surface area contributed by atoms with Gasteiger partial charge in [-0.15, -0.1) is 0 Å². The van der Waals surface area contributed by atoms with Crippen molar-refractivity contribution in [1.82, 2.24) is 0 Å². The molecular weight excluding hydrogens is 340 g/mol. The van der Waals surface area contributed by atoms with Crippen molar-refractivity contribution in [2.24, 2.45) is 11.7 Å². The molecule has 2 rings (SSSR count). The van der Waals surface area contributed by atoms with Crippen LogP contribution in [0, 0.1) is 16.0 Å². The van der Waals surface area contributed by atoms with Gasteiger partial charge in [0.1, 0.15) is 6.61 Å². The molecule has 0 atom stereocenters. The fourth-order valence-corrected chi connectivity index (χ4v) is 2.38. The summed E-state index contributed by atoms with van der Waals surface area (Å²) in [6, 6.07) is 14.9. The van der Waals surface area contributed by atoms with Crippen LogP contribution in [0.3, 0.4) is 0 Å². The largest absolute Gasteiger partial charge is 0.482 e. The number of hydrogen-bond acceptors (Lipinski definition) is 4. The highest BCUT2D eigenvalue weighted by Gasteiger charge is 2.16. The van der Waals surface area contributed by atoms with Crippen molar-refractivity contribution in [1.29, 1.82) is 0 Å². The minimum Gasteiger partial charge on any atom is -0.482 e. The SMILES string of the molecule is CC(C)CCc1ccc(OCc2ccccc2)c([N+](=O)[O-])c1.CCCCN. The molecule has 0 amide bonds. The summed E-state index contributed by atoms with van der Waals surface area (Å²) >= 11 is 0. The molecule has 148 valence electrons. The Kier molecular flexibility index (Phi) is 10.8. The number of unbranched alkanes of at least 4 members (excludes halogenated alkanes) is 1. The minimum atomic E-state index is -0.376. The first-order valence-corrected chi connectivity index (χ1v) is 9.62. The van der Waals surface area contributed by atoms with Crippen LogP contribution >= 0.6 is 0 Å². The van der Waals surface area contributed by atoms with E-state index in [2.05, 4.69) is 20.8 Å². The fraction of sp³-hybridized carbons (Fsp3) is 0.455. The van der Waals surface area contributed by atoms with Gasteiger partial charge in [0.2, 0.25) is 0 Å². The predicted octanol–water partition coefficient (Wildman–Crippen LogP) is 5.51. The van der Waals surface area contributed by atoms with Crippen molar-refractivity contribution >= 4 is 5.69 Å². The molecule has 0 aliphatic rings. The number of ether oxygens (including phenoxy) is 1. The molecule has 5 nitrogen and oxygen atoms in total. The summed E-state index contributed by atoms with van der Waals surface area (Å²) < 4.78 is 5.62. The molecule has 0 unspecified atom stereocenters. The first-order chi connectivity index (χ1) is 13.0. The van der Waals surface area contributed by atoms with Gasteiger partial charge in [0.15, 0.2) is 5.75 Å². The number of nitro benzene ring substituents is 1. The van der Waals surface area contributed by atoms with Gasteiger partial charge in [0, 0.05) is 6.07 Å². The highest BCUT2D eigenvalue weighted by Crippen LogP contribution is 2.29. The van der Waals surface area contributed by atoms with Crippen LogP contribution in [0.1, 0.15) is 51.2 Å². The molecule has 0 heterocycles. The summed E-state index contributed by atoms with van der Waals surface area (Å²) in [4.78, 5) is 10.9. The maximum Gasteiger partial charge on any atom is 0.311 e. The zero-order chi connectivity index (χ0) is 20.1. The van der Waals surface area contributed by atoms with Gasteiger partial charge in [-0.05, 0) is 48.9 Å². The van der Waals surface area contributed by atoms with Crippen molar-refractivity contribution in [3.8, 4) is 5.75 Å². The van der Waals surface area contributed by atoms with Crippen molar-refractivity contribution < 1.29 is 9.66 Å². The van der Waals surface area contributed by atoms with E-state index in [4.69, 9.17) is 10.5 Å². The van der Waals surface area contributed by atoms with E-state index >= 15 is 0 Å². The van der Waals surface area contributed by atoms with E-state index in [1.807, 2.05) is 36.4 Å². The number of nitrogens with two attached hydrogens (primary N) is 1. The van der Waals surface area contributed by atoms with Gasteiger partial charge < -0.3 is 10.5 Å². The number of hydrogen-bond donors (Lipinski definition) is 1. The van der Waals surface area contributed by atoms with Crippen molar-refractivity contribution in [3.05, 3.63) is 69.8 Å². The second-order valence-electron chi connectivity index (χ2n) is 6.91. The lowest BCUT2D eigenvalue weighted by Gasteiger charge is -2.09. The zero-order valence-electron chi connectivity index (χ0n) is 16.7. The molecule has 0 saturated carbocycles. The first-order valence-electron chi connectivity index (χ1n) is 9.62. The van der Waals surface area contributed by atoms with Crippen LogP contribution in [-0.4, -0.2) is 11.5 Å². The monoisotopic (exact) mass is 372 g/mol. The molecule has 2 aromatic carbocycles. The zero-order valence-corrected chi connectivity index (χ0v) is 16.7.